The predicted octanol–water partition coefficient (Wildman–Crippen LogP) is 6.74. The van der Waals surface area contributed by atoms with Crippen LogP contribution in [0.2, 0.25) is 0 Å². The lowest BCUT2D eigenvalue weighted by molar-refractivity contribution is 0.102. The van der Waals surface area contributed by atoms with Crippen LogP contribution in [0.15, 0.2) is 48.2 Å². The summed E-state index contributed by atoms with van der Waals surface area (Å²) in [6.45, 7) is 23.4. The molecular weight excluding hydrogens is 422 g/mol. The molecule has 0 atom stereocenters. The first kappa shape index (κ1) is 27.2. The Morgan fingerprint density at radius 2 is 1.65 bits per heavy atom. The summed E-state index contributed by atoms with van der Waals surface area (Å²) >= 11 is 0. The number of nitrogens with zero attached hydrogens (tertiary/aromatic N) is 3. The highest BCUT2D eigenvalue weighted by Gasteiger charge is 2.27. The third-order valence-electron chi connectivity index (χ3n) is 5.78. The number of hydrogen-bond donors (Lipinski definition) is 2. The molecule has 2 aromatic carbocycles. The molecule has 184 valence electrons. The zero-order chi connectivity index (χ0) is 25.6. The minimum Gasteiger partial charge on any atom is -0.516 e. The van der Waals surface area contributed by atoms with Crippen molar-refractivity contribution in [1.82, 2.24) is 4.57 Å². The van der Waals surface area contributed by atoms with Crippen LogP contribution >= 0.6 is 0 Å². The largest absolute Gasteiger partial charge is 0.516 e. The first-order chi connectivity index (χ1) is 16.0. The second-order valence-corrected chi connectivity index (χ2v) is 9.73. The molecule has 0 saturated heterocycles. The van der Waals surface area contributed by atoms with Crippen LogP contribution in [-0.4, -0.2) is 40.3 Å². The molecule has 0 radical (unpaired) electrons. The monoisotopic (exact) mass is 463 g/mol. The number of aliphatic hydroxyl groups is 2. The van der Waals surface area contributed by atoms with Crippen molar-refractivity contribution < 1.29 is 10.2 Å². The van der Waals surface area contributed by atoms with E-state index in [0.717, 1.165) is 25.8 Å². The molecule has 0 amide bonds. The maximum Gasteiger partial charge on any atom is 0.109 e. The van der Waals surface area contributed by atoms with Crippen molar-refractivity contribution in [2.24, 2.45) is 4.99 Å². The summed E-state index contributed by atoms with van der Waals surface area (Å²) in [5, 5.41) is 17.2. The smallest absolute Gasteiger partial charge is 0.109 e. The Morgan fingerprint density at radius 1 is 1.09 bits per heavy atom. The predicted molar refractivity (Wildman–Crippen MR) is 148 cm³/mol. The normalized spacial score (nSPS) is 12.4. The summed E-state index contributed by atoms with van der Waals surface area (Å²) in [6, 6.07) is 11.3. The summed E-state index contributed by atoms with van der Waals surface area (Å²) in [7, 11) is 0. The summed E-state index contributed by atoms with van der Waals surface area (Å²) in [4.78, 5) is 6.57. The number of aromatic nitrogens is 1. The number of aliphatic hydroxyl groups excluding tert-OH is 1. The van der Waals surface area contributed by atoms with Gasteiger partial charge in [0.15, 0.2) is 0 Å². The van der Waals surface area contributed by atoms with Crippen LogP contribution in [0, 0.1) is 20.8 Å². The van der Waals surface area contributed by atoms with Crippen molar-refractivity contribution in [2.75, 3.05) is 18.1 Å². The van der Waals surface area contributed by atoms with E-state index < -0.39 is 5.60 Å². The highest BCUT2D eigenvalue weighted by atomic mass is 16.3. The fourth-order valence-corrected chi connectivity index (χ4v) is 4.56. The molecule has 0 saturated carbocycles. The number of aryl methyl sites for hydroxylation is 2. The number of hydrogen-bond acceptors (Lipinski definition) is 4. The Hall–Kier alpha value is -3.05. The van der Waals surface area contributed by atoms with E-state index >= 15 is 0 Å². The molecule has 1 aromatic heterocycles. The van der Waals surface area contributed by atoms with Crippen LogP contribution < -0.4 is 4.90 Å². The second-order valence-electron chi connectivity index (χ2n) is 9.73. The number of rotatable bonds is 4. The molecule has 1 aliphatic heterocycles. The van der Waals surface area contributed by atoms with E-state index in [1.165, 1.54) is 50.1 Å². The van der Waals surface area contributed by atoms with Gasteiger partial charge < -0.3 is 19.7 Å². The molecular formula is C29H41N3O2. The average molecular weight is 464 g/mol. The van der Waals surface area contributed by atoms with Crippen molar-refractivity contribution in [3.8, 4) is 11.1 Å². The van der Waals surface area contributed by atoms with E-state index in [1.807, 2.05) is 0 Å². The van der Waals surface area contributed by atoms with Crippen LogP contribution in [-0.2, 0) is 13.0 Å². The fraction of sp³-hybridized carbons (Fsp3) is 0.414. The standard InChI is InChI=1S/C23H27N3.C4H10O.C2H4O/c1-6-19-17(4)22-23-20(21(19)18-9-7-15(2)8-10-18)13-16(3)26(23)12-11-25(22)14-24-5;1-4(2,3)5;1-2-3/h7-10,13H,5-6,11-12,14H2,1-4H3;5H,1-3H3;2-3H,1H2. The summed E-state index contributed by atoms with van der Waals surface area (Å²) in [6.07, 6.45) is 1.78. The molecule has 0 aliphatic carbocycles. The lowest BCUT2D eigenvalue weighted by Gasteiger charge is -2.33. The number of benzene rings is 2. The van der Waals surface area contributed by atoms with Gasteiger partial charge in [-0.1, -0.05) is 43.3 Å². The van der Waals surface area contributed by atoms with Gasteiger partial charge in [-0.15, -0.1) is 0 Å². The van der Waals surface area contributed by atoms with Gasteiger partial charge in [-0.2, -0.15) is 0 Å². The van der Waals surface area contributed by atoms with Crippen LogP contribution in [0.3, 0.4) is 0 Å². The molecule has 2 heterocycles. The average Bonchev–Trinajstić information content (AvgIpc) is 3.08. The van der Waals surface area contributed by atoms with Gasteiger partial charge in [0.25, 0.3) is 0 Å². The van der Waals surface area contributed by atoms with Crippen molar-refractivity contribution in [2.45, 2.75) is 67.0 Å². The van der Waals surface area contributed by atoms with Crippen LogP contribution in [0.1, 0.15) is 50.1 Å². The van der Waals surface area contributed by atoms with E-state index in [4.69, 9.17) is 10.2 Å². The molecule has 2 N–H and O–H groups in total. The van der Waals surface area contributed by atoms with E-state index in [9.17, 15) is 0 Å². The molecule has 5 nitrogen and oxygen atoms in total. The van der Waals surface area contributed by atoms with Crippen molar-refractivity contribution in [3.05, 3.63) is 65.6 Å². The van der Waals surface area contributed by atoms with Crippen LogP contribution in [0.5, 0.6) is 0 Å². The SMILES string of the molecule is C=CO.C=NCN1CCn2c(C)cc3c(-c4ccc(C)cc4)c(CC)c(C)c1c32.CC(C)(C)O. The van der Waals surface area contributed by atoms with Gasteiger partial charge in [0.2, 0.25) is 0 Å². The number of aliphatic imine (C=N–C) groups is 1. The molecule has 34 heavy (non-hydrogen) atoms. The first-order valence-electron chi connectivity index (χ1n) is 11.9. The molecule has 0 fully saturated rings. The van der Waals surface area contributed by atoms with E-state index in [-0.39, 0.29) is 0 Å². The van der Waals surface area contributed by atoms with Crippen molar-refractivity contribution >= 4 is 23.3 Å². The zero-order valence-corrected chi connectivity index (χ0v) is 21.9. The van der Waals surface area contributed by atoms with Crippen molar-refractivity contribution in [3.63, 3.8) is 0 Å². The third kappa shape index (κ3) is 6.09. The Kier molecular flexibility index (Phi) is 9.11. The summed E-state index contributed by atoms with van der Waals surface area (Å²) in [5.41, 5.74) is 10.4. The maximum atomic E-state index is 8.52. The van der Waals surface area contributed by atoms with Gasteiger partial charge in [-0.25, -0.2) is 0 Å². The molecule has 3 aromatic rings. The highest BCUT2D eigenvalue weighted by Crippen LogP contribution is 2.44. The lowest BCUT2D eigenvalue weighted by atomic mass is 9.89. The number of anilines is 1. The van der Waals surface area contributed by atoms with Gasteiger partial charge in [-0.3, -0.25) is 4.99 Å². The van der Waals surface area contributed by atoms with E-state index in [0.29, 0.717) is 6.67 Å². The lowest BCUT2D eigenvalue weighted by Crippen LogP contribution is -2.32. The Balaban J connectivity index is 0.000000447. The Labute approximate surface area is 205 Å². The molecule has 1 aliphatic rings. The van der Waals surface area contributed by atoms with Gasteiger partial charge in [0.05, 0.1) is 23.1 Å². The van der Waals surface area contributed by atoms with Crippen molar-refractivity contribution in [1.29, 1.82) is 0 Å². The quantitative estimate of drug-likeness (QED) is 0.333. The molecule has 0 spiro atoms. The van der Waals surface area contributed by atoms with E-state index in [2.05, 4.69) is 85.8 Å². The molecule has 5 heteroatoms. The third-order valence-corrected chi connectivity index (χ3v) is 5.78. The Bertz CT molecular complexity index is 1130. The van der Waals surface area contributed by atoms with Gasteiger partial charge in [-0.05, 0) is 83.0 Å². The fourth-order valence-electron chi connectivity index (χ4n) is 4.56. The van der Waals surface area contributed by atoms with Gasteiger partial charge in [0.1, 0.15) is 6.67 Å². The van der Waals surface area contributed by atoms with Gasteiger partial charge >= 0.3 is 0 Å². The first-order valence-corrected chi connectivity index (χ1v) is 11.9. The highest BCUT2D eigenvalue weighted by molar-refractivity contribution is 6.06. The van der Waals surface area contributed by atoms with E-state index in [1.54, 1.807) is 20.8 Å². The van der Waals surface area contributed by atoms with Gasteiger partial charge in [0, 0.05) is 24.2 Å². The summed E-state index contributed by atoms with van der Waals surface area (Å²) in [5.74, 6) is 0. The minimum absolute atomic E-state index is 0.500. The topological polar surface area (TPSA) is 61.0 Å². The minimum atomic E-state index is -0.500. The Morgan fingerprint density at radius 3 is 2.15 bits per heavy atom. The maximum absolute atomic E-state index is 8.52. The summed E-state index contributed by atoms with van der Waals surface area (Å²) < 4.78 is 2.48. The zero-order valence-electron chi connectivity index (χ0n) is 21.9. The molecule has 0 unspecified atom stereocenters. The molecule has 4 rings (SSSR count). The molecule has 0 bridgehead atoms. The van der Waals surface area contributed by atoms with Crippen LogP contribution in [0.25, 0.3) is 22.0 Å². The van der Waals surface area contributed by atoms with Crippen LogP contribution in [0.4, 0.5) is 5.69 Å². The second kappa shape index (κ2) is 11.4.